The lowest BCUT2D eigenvalue weighted by atomic mass is 10.1. The van der Waals surface area contributed by atoms with E-state index >= 15 is 0 Å². The van der Waals surface area contributed by atoms with Gasteiger partial charge >= 0.3 is 12.1 Å². The van der Waals surface area contributed by atoms with Crippen LogP contribution in [0, 0.1) is 11.6 Å². The van der Waals surface area contributed by atoms with Crippen LogP contribution in [0.25, 0.3) is 0 Å². The van der Waals surface area contributed by atoms with Crippen molar-refractivity contribution in [3.05, 3.63) is 35.4 Å². The zero-order valence-electron chi connectivity index (χ0n) is 8.67. The lowest BCUT2D eigenvalue weighted by Crippen LogP contribution is -2.26. The lowest BCUT2D eigenvalue weighted by molar-refractivity contribution is -0.225. The molecule has 0 saturated heterocycles. The first-order chi connectivity index (χ1) is 8.21. The minimum absolute atomic E-state index is 0.262. The van der Waals surface area contributed by atoms with Gasteiger partial charge in [-0.15, -0.1) is 0 Å². The second-order valence-corrected chi connectivity index (χ2v) is 3.29. The van der Waals surface area contributed by atoms with Crippen molar-refractivity contribution in [1.29, 1.82) is 0 Å². The van der Waals surface area contributed by atoms with E-state index in [1.807, 2.05) is 0 Å². The van der Waals surface area contributed by atoms with Gasteiger partial charge in [-0.1, -0.05) is 6.07 Å². The average molecular weight is 270 g/mol. The smallest absolute Gasteiger partial charge is 0.418 e. The van der Waals surface area contributed by atoms with Crippen molar-refractivity contribution in [1.82, 2.24) is 0 Å². The average Bonchev–Trinajstić information content (AvgIpc) is 2.18. The Hall–Kier alpha value is -1.70. The Balaban J connectivity index is 3.06. The van der Waals surface area contributed by atoms with Gasteiger partial charge in [-0.3, -0.25) is 0 Å². The molecule has 0 aromatic heterocycles. The summed E-state index contributed by atoms with van der Waals surface area (Å²) < 4.78 is 67.5. The zero-order chi connectivity index (χ0) is 13.9. The maximum absolute atomic E-state index is 13.2. The van der Waals surface area contributed by atoms with Crippen molar-refractivity contribution in [2.75, 3.05) is 6.61 Å². The molecular weight excluding hydrogens is 263 g/mol. The molecule has 0 aliphatic heterocycles. The first kappa shape index (κ1) is 14.4. The lowest BCUT2D eigenvalue weighted by Gasteiger charge is -2.20. The number of carboxylic acids is 1. The fraction of sp³-hybridized carbons (Fsp3) is 0.300. The third-order valence-corrected chi connectivity index (χ3v) is 1.92. The summed E-state index contributed by atoms with van der Waals surface area (Å²) in [5.74, 6) is -4.13. The van der Waals surface area contributed by atoms with E-state index in [4.69, 9.17) is 5.11 Å². The van der Waals surface area contributed by atoms with Gasteiger partial charge in [-0.25, -0.2) is 13.6 Å². The topological polar surface area (TPSA) is 46.5 Å². The number of benzene rings is 1. The molecule has 0 fully saturated rings. The quantitative estimate of drug-likeness (QED) is 0.855. The second kappa shape index (κ2) is 5.30. The van der Waals surface area contributed by atoms with Crippen LogP contribution in [0.3, 0.4) is 0 Å². The molecule has 1 unspecified atom stereocenters. The SMILES string of the molecule is O=C(O)COC(c1ccc(F)cc1F)C(F)(F)F. The zero-order valence-corrected chi connectivity index (χ0v) is 8.67. The van der Waals surface area contributed by atoms with Crippen LogP contribution in [0.5, 0.6) is 0 Å². The number of hydrogen-bond acceptors (Lipinski definition) is 2. The second-order valence-electron chi connectivity index (χ2n) is 3.29. The molecule has 1 aromatic carbocycles. The summed E-state index contributed by atoms with van der Waals surface area (Å²) >= 11 is 0. The molecule has 0 aliphatic rings. The summed E-state index contributed by atoms with van der Waals surface area (Å²) in [6, 6.07) is 1.45. The fourth-order valence-electron chi connectivity index (χ4n) is 1.23. The molecule has 0 aliphatic carbocycles. The summed E-state index contributed by atoms with van der Waals surface area (Å²) in [4.78, 5) is 10.2. The Labute approximate surface area is 97.8 Å². The standard InChI is InChI=1S/C10H7F5O3/c11-5-1-2-6(7(12)3-5)9(10(13,14)15)18-4-8(16)17/h1-3,9H,4H2,(H,16,17). The van der Waals surface area contributed by atoms with E-state index in [0.717, 1.165) is 0 Å². The molecule has 1 aromatic rings. The highest BCUT2D eigenvalue weighted by Gasteiger charge is 2.43. The van der Waals surface area contributed by atoms with E-state index in [9.17, 15) is 26.7 Å². The molecule has 0 radical (unpaired) electrons. The van der Waals surface area contributed by atoms with Crippen molar-refractivity contribution < 1.29 is 36.6 Å². The molecule has 0 amide bonds. The molecule has 0 heterocycles. The number of halogens is 5. The van der Waals surface area contributed by atoms with Crippen LogP contribution in [0.2, 0.25) is 0 Å². The highest BCUT2D eigenvalue weighted by atomic mass is 19.4. The molecule has 8 heteroatoms. The van der Waals surface area contributed by atoms with E-state index in [0.29, 0.717) is 12.1 Å². The molecule has 0 spiro atoms. The van der Waals surface area contributed by atoms with Crippen LogP contribution in [0.1, 0.15) is 11.7 Å². The summed E-state index contributed by atoms with van der Waals surface area (Å²) in [5.41, 5.74) is -0.967. The van der Waals surface area contributed by atoms with Gasteiger partial charge in [0.1, 0.15) is 18.2 Å². The van der Waals surface area contributed by atoms with Crippen molar-refractivity contribution >= 4 is 5.97 Å². The minimum atomic E-state index is -5.01. The van der Waals surface area contributed by atoms with Crippen LogP contribution in [-0.4, -0.2) is 23.9 Å². The van der Waals surface area contributed by atoms with Gasteiger partial charge in [0.05, 0.1) is 0 Å². The highest BCUT2D eigenvalue weighted by Crippen LogP contribution is 2.37. The van der Waals surface area contributed by atoms with Crippen LogP contribution < -0.4 is 0 Å². The summed E-state index contributed by atoms with van der Waals surface area (Å²) in [5, 5.41) is 8.24. The molecule has 1 N–H and O–H groups in total. The number of rotatable bonds is 4. The first-order valence-electron chi connectivity index (χ1n) is 4.57. The number of alkyl halides is 3. The van der Waals surface area contributed by atoms with E-state index in [2.05, 4.69) is 4.74 Å². The molecule has 1 rings (SSSR count). The normalized spacial score (nSPS) is 13.4. The number of aliphatic carboxylic acids is 1. The van der Waals surface area contributed by atoms with Crippen LogP contribution >= 0.6 is 0 Å². The molecule has 1 atom stereocenters. The largest absolute Gasteiger partial charge is 0.480 e. The molecule has 100 valence electrons. The Kier molecular flexibility index (Phi) is 4.23. The van der Waals surface area contributed by atoms with E-state index in [1.54, 1.807) is 0 Å². The number of ether oxygens (including phenoxy) is 1. The minimum Gasteiger partial charge on any atom is -0.480 e. The summed E-state index contributed by atoms with van der Waals surface area (Å²) in [7, 11) is 0. The maximum Gasteiger partial charge on any atom is 0.418 e. The maximum atomic E-state index is 13.2. The van der Waals surface area contributed by atoms with Gasteiger partial charge < -0.3 is 9.84 Å². The Morgan fingerprint density at radius 2 is 1.94 bits per heavy atom. The molecule has 0 bridgehead atoms. The van der Waals surface area contributed by atoms with Crippen molar-refractivity contribution in [2.45, 2.75) is 12.3 Å². The first-order valence-corrected chi connectivity index (χ1v) is 4.57. The third-order valence-electron chi connectivity index (χ3n) is 1.92. The fourth-order valence-corrected chi connectivity index (χ4v) is 1.23. The molecular formula is C10H7F5O3. The van der Waals surface area contributed by atoms with Crippen LogP contribution in [0.15, 0.2) is 18.2 Å². The van der Waals surface area contributed by atoms with Crippen LogP contribution in [-0.2, 0) is 9.53 Å². The Morgan fingerprint density at radius 1 is 1.33 bits per heavy atom. The third kappa shape index (κ3) is 3.66. The molecule has 18 heavy (non-hydrogen) atoms. The number of carbonyl (C=O) groups is 1. The predicted octanol–water partition coefficient (Wildman–Crippen LogP) is 2.67. The van der Waals surface area contributed by atoms with Gasteiger partial charge in [0.25, 0.3) is 0 Å². The monoisotopic (exact) mass is 270 g/mol. The molecule has 3 nitrogen and oxygen atoms in total. The van der Waals surface area contributed by atoms with Gasteiger partial charge in [-0.05, 0) is 6.07 Å². The highest BCUT2D eigenvalue weighted by molar-refractivity contribution is 5.68. The van der Waals surface area contributed by atoms with Gasteiger partial charge in [0, 0.05) is 11.6 Å². The summed E-state index contributed by atoms with van der Waals surface area (Å²) in [6.45, 7) is -1.25. The Bertz CT molecular complexity index is 444. The van der Waals surface area contributed by atoms with E-state index < -0.39 is 42.1 Å². The van der Waals surface area contributed by atoms with Gasteiger partial charge in [-0.2, -0.15) is 13.2 Å². The number of hydrogen-bond donors (Lipinski definition) is 1. The van der Waals surface area contributed by atoms with E-state index in [-0.39, 0.29) is 6.07 Å². The van der Waals surface area contributed by atoms with Crippen molar-refractivity contribution in [2.24, 2.45) is 0 Å². The van der Waals surface area contributed by atoms with Crippen LogP contribution in [0.4, 0.5) is 22.0 Å². The number of carboxylic acid groups (broad SMARTS) is 1. The Morgan fingerprint density at radius 3 is 2.39 bits per heavy atom. The van der Waals surface area contributed by atoms with Crippen molar-refractivity contribution in [3.63, 3.8) is 0 Å². The van der Waals surface area contributed by atoms with E-state index in [1.165, 1.54) is 0 Å². The molecule has 0 saturated carbocycles. The predicted molar refractivity (Wildman–Crippen MR) is 48.7 cm³/mol. The van der Waals surface area contributed by atoms with Crippen molar-refractivity contribution in [3.8, 4) is 0 Å². The van der Waals surface area contributed by atoms with Gasteiger partial charge in [0.2, 0.25) is 0 Å². The van der Waals surface area contributed by atoms with Gasteiger partial charge in [0.15, 0.2) is 6.10 Å². The summed E-state index contributed by atoms with van der Waals surface area (Å²) in [6.07, 6.45) is -7.76.